The van der Waals surface area contributed by atoms with Crippen LogP contribution in [0.15, 0.2) is 78.0 Å². The fraction of sp³-hybridized carbons (Fsp3) is 0.387. The van der Waals surface area contributed by atoms with Crippen LogP contribution in [0.25, 0.3) is 11.1 Å². The number of ether oxygens (including phenoxy) is 1. The van der Waals surface area contributed by atoms with E-state index in [1.165, 1.54) is 17.2 Å². The Kier molecular flexibility index (Phi) is 8.87. The van der Waals surface area contributed by atoms with E-state index in [-0.39, 0.29) is 24.7 Å². The molecule has 0 spiro atoms. The van der Waals surface area contributed by atoms with Gasteiger partial charge in [-0.2, -0.15) is 13.2 Å². The lowest BCUT2D eigenvalue weighted by molar-refractivity contribution is -0.139. The maximum absolute atomic E-state index is 13.2. The highest BCUT2D eigenvalue weighted by atomic mass is 19.4. The molecular weight excluding hydrogens is 533 g/mol. The fourth-order valence-electron chi connectivity index (χ4n) is 5.53. The number of carbonyl (C=O) groups excluding carboxylic acids is 1. The van der Waals surface area contributed by atoms with Crippen LogP contribution in [0, 0.1) is 4.91 Å². The van der Waals surface area contributed by atoms with Crippen molar-refractivity contribution in [1.29, 1.82) is 0 Å². The number of amides is 1. The Labute approximate surface area is 237 Å². The minimum atomic E-state index is -4.65. The molecule has 0 atom stereocenters. The van der Waals surface area contributed by atoms with Crippen LogP contribution in [0.2, 0.25) is 0 Å². The quantitative estimate of drug-likeness (QED) is 0.302. The molecule has 41 heavy (non-hydrogen) atoms. The molecule has 1 heterocycles. The van der Waals surface area contributed by atoms with E-state index in [0.717, 1.165) is 30.9 Å². The third-order valence-corrected chi connectivity index (χ3v) is 7.86. The SMILES string of the molecule is O=Nc1ccc(NC2CCC(OCC(=O)N3CCN(c4ccc(-c5ccccc5)cc4)CC3)CC2)cc1C(F)(F)F. The third-order valence-electron chi connectivity index (χ3n) is 7.86. The van der Waals surface area contributed by atoms with E-state index in [1.54, 1.807) is 0 Å². The van der Waals surface area contributed by atoms with Crippen LogP contribution < -0.4 is 10.2 Å². The molecule has 1 aliphatic heterocycles. The minimum absolute atomic E-state index is 0.0171. The summed E-state index contributed by atoms with van der Waals surface area (Å²) >= 11 is 0. The highest BCUT2D eigenvalue weighted by Gasteiger charge is 2.35. The molecule has 10 heteroatoms. The molecule has 1 aliphatic carbocycles. The van der Waals surface area contributed by atoms with Gasteiger partial charge in [0, 0.05) is 43.6 Å². The van der Waals surface area contributed by atoms with Crippen molar-refractivity contribution in [2.75, 3.05) is 43.0 Å². The van der Waals surface area contributed by atoms with Crippen molar-refractivity contribution in [3.05, 3.63) is 83.3 Å². The lowest BCUT2D eigenvalue weighted by Gasteiger charge is -2.36. The van der Waals surface area contributed by atoms with Gasteiger partial charge in [-0.15, -0.1) is 4.91 Å². The van der Waals surface area contributed by atoms with Gasteiger partial charge in [-0.05, 0) is 72.3 Å². The fourth-order valence-corrected chi connectivity index (χ4v) is 5.53. The number of carbonyl (C=O) groups is 1. The van der Waals surface area contributed by atoms with Gasteiger partial charge in [-0.3, -0.25) is 4.79 Å². The van der Waals surface area contributed by atoms with E-state index in [2.05, 4.69) is 51.8 Å². The Hall–Kier alpha value is -3.92. The largest absolute Gasteiger partial charge is 0.418 e. The van der Waals surface area contributed by atoms with Crippen molar-refractivity contribution in [3.63, 3.8) is 0 Å². The standard InChI is InChI=1S/C31H33F3N4O3/c32-31(33,34)28-20-25(10-15-29(28)36-40)35-24-8-13-27(14-9-24)41-21-30(39)38-18-16-37(17-19-38)26-11-6-23(7-12-26)22-4-2-1-3-5-22/h1-7,10-12,15,20,24,27,35H,8-9,13-14,16-19,21H2. The Bertz CT molecular complexity index is 1320. The number of halogens is 3. The highest BCUT2D eigenvalue weighted by molar-refractivity contribution is 5.78. The first-order valence-electron chi connectivity index (χ1n) is 13.9. The van der Waals surface area contributed by atoms with Crippen molar-refractivity contribution in [2.24, 2.45) is 5.18 Å². The molecule has 1 N–H and O–H groups in total. The summed E-state index contributed by atoms with van der Waals surface area (Å²) in [7, 11) is 0. The number of nitrogens with one attached hydrogen (secondary N) is 1. The number of hydrogen-bond acceptors (Lipinski definition) is 6. The maximum atomic E-state index is 13.2. The van der Waals surface area contributed by atoms with E-state index < -0.39 is 17.4 Å². The van der Waals surface area contributed by atoms with E-state index >= 15 is 0 Å². The molecular formula is C31H33F3N4O3. The van der Waals surface area contributed by atoms with Gasteiger partial charge in [0.15, 0.2) is 0 Å². The lowest BCUT2D eigenvalue weighted by Crippen LogP contribution is -2.50. The van der Waals surface area contributed by atoms with Gasteiger partial charge in [0.25, 0.3) is 0 Å². The summed E-state index contributed by atoms with van der Waals surface area (Å²) in [6.45, 7) is 2.82. The van der Waals surface area contributed by atoms with Crippen LogP contribution in [0.1, 0.15) is 31.2 Å². The number of hydrogen-bond donors (Lipinski definition) is 1. The van der Waals surface area contributed by atoms with Crippen molar-refractivity contribution in [2.45, 2.75) is 44.0 Å². The van der Waals surface area contributed by atoms with Crippen LogP contribution >= 0.6 is 0 Å². The summed E-state index contributed by atoms with van der Waals surface area (Å²) in [6, 6.07) is 22.2. The van der Waals surface area contributed by atoms with E-state index in [4.69, 9.17) is 4.74 Å². The average molecular weight is 567 g/mol. The monoisotopic (exact) mass is 566 g/mol. The van der Waals surface area contributed by atoms with E-state index in [1.807, 2.05) is 23.1 Å². The molecule has 3 aromatic carbocycles. The Morgan fingerprint density at radius 1 is 0.878 bits per heavy atom. The second-order valence-electron chi connectivity index (χ2n) is 10.5. The summed E-state index contributed by atoms with van der Waals surface area (Å²) in [5, 5.41) is 5.62. The molecule has 5 rings (SSSR count). The first-order valence-corrected chi connectivity index (χ1v) is 13.9. The van der Waals surface area contributed by atoms with E-state index in [9.17, 15) is 22.9 Å². The molecule has 2 aliphatic rings. The van der Waals surface area contributed by atoms with Crippen molar-refractivity contribution < 1.29 is 22.7 Å². The third kappa shape index (κ3) is 7.24. The summed E-state index contributed by atoms with van der Waals surface area (Å²) in [5.74, 6) is -0.0205. The van der Waals surface area contributed by atoms with Gasteiger partial charge in [-0.25, -0.2) is 0 Å². The first kappa shape index (κ1) is 28.6. The van der Waals surface area contributed by atoms with Gasteiger partial charge in [-0.1, -0.05) is 42.5 Å². The smallest absolute Gasteiger partial charge is 0.382 e. The predicted molar refractivity (Wildman–Crippen MR) is 153 cm³/mol. The number of nitroso groups, excluding NO2 is 1. The molecule has 2 fully saturated rings. The lowest BCUT2D eigenvalue weighted by atomic mass is 9.92. The van der Waals surface area contributed by atoms with Crippen LogP contribution in [0.3, 0.4) is 0 Å². The number of anilines is 2. The molecule has 0 unspecified atom stereocenters. The number of nitrogens with zero attached hydrogens (tertiary/aromatic N) is 3. The molecule has 216 valence electrons. The second-order valence-corrected chi connectivity index (χ2v) is 10.5. The summed E-state index contributed by atoms with van der Waals surface area (Å²) in [6.07, 6.45) is -1.89. The molecule has 7 nitrogen and oxygen atoms in total. The van der Waals surface area contributed by atoms with Crippen molar-refractivity contribution >= 4 is 23.0 Å². The van der Waals surface area contributed by atoms with Gasteiger partial charge in [0.2, 0.25) is 5.91 Å². The van der Waals surface area contributed by atoms with Gasteiger partial charge >= 0.3 is 6.18 Å². The molecule has 1 amide bonds. The van der Waals surface area contributed by atoms with Crippen LogP contribution in [-0.4, -0.2) is 55.7 Å². The van der Waals surface area contributed by atoms with Gasteiger partial charge in [0.1, 0.15) is 12.3 Å². The summed E-state index contributed by atoms with van der Waals surface area (Å²) < 4.78 is 45.6. The van der Waals surface area contributed by atoms with Gasteiger partial charge < -0.3 is 19.9 Å². The van der Waals surface area contributed by atoms with Crippen molar-refractivity contribution in [1.82, 2.24) is 4.90 Å². The zero-order valence-electron chi connectivity index (χ0n) is 22.6. The predicted octanol–water partition coefficient (Wildman–Crippen LogP) is 6.86. The molecule has 0 radical (unpaired) electrons. The second kappa shape index (κ2) is 12.7. The molecule has 1 saturated heterocycles. The topological polar surface area (TPSA) is 74.2 Å². The average Bonchev–Trinajstić information content (AvgIpc) is 3.01. The Morgan fingerprint density at radius 3 is 2.17 bits per heavy atom. The number of piperazine rings is 1. The maximum Gasteiger partial charge on any atom is 0.418 e. The first-order chi connectivity index (χ1) is 19.8. The molecule has 3 aromatic rings. The number of benzene rings is 3. The zero-order valence-corrected chi connectivity index (χ0v) is 22.6. The van der Waals surface area contributed by atoms with E-state index in [0.29, 0.717) is 44.5 Å². The van der Waals surface area contributed by atoms with Crippen LogP contribution in [0.4, 0.5) is 30.2 Å². The normalized spacial score (nSPS) is 19.6. The van der Waals surface area contributed by atoms with Gasteiger partial charge in [0.05, 0.1) is 11.7 Å². The molecule has 1 saturated carbocycles. The van der Waals surface area contributed by atoms with Crippen LogP contribution in [0.5, 0.6) is 0 Å². The number of alkyl halides is 3. The zero-order chi connectivity index (χ0) is 28.8. The Balaban J connectivity index is 1.03. The van der Waals surface area contributed by atoms with Crippen molar-refractivity contribution in [3.8, 4) is 11.1 Å². The molecule has 0 bridgehead atoms. The minimum Gasteiger partial charge on any atom is -0.382 e. The highest BCUT2D eigenvalue weighted by Crippen LogP contribution is 2.38. The number of rotatable bonds is 8. The Morgan fingerprint density at radius 2 is 1.54 bits per heavy atom. The molecule has 0 aromatic heterocycles. The van der Waals surface area contributed by atoms with Crippen LogP contribution in [-0.2, 0) is 15.7 Å². The summed E-state index contributed by atoms with van der Waals surface area (Å²) in [4.78, 5) is 27.7. The summed E-state index contributed by atoms with van der Waals surface area (Å²) in [5.41, 5.74) is 2.13.